The van der Waals surface area contributed by atoms with Gasteiger partial charge in [0.25, 0.3) is 0 Å². The number of carbonyl (C=O) groups excluding carboxylic acids is 1. The molecular weight excluding hydrogens is 298 g/mol. The van der Waals surface area contributed by atoms with Crippen LogP contribution >= 0.6 is 0 Å². The minimum Gasteiger partial charge on any atom is -0.453 e. The molecule has 124 valence electrons. The van der Waals surface area contributed by atoms with Crippen LogP contribution in [0.2, 0.25) is 0 Å². The summed E-state index contributed by atoms with van der Waals surface area (Å²) in [5.74, 6) is 0.464. The van der Waals surface area contributed by atoms with E-state index in [4.69, 9.17) is 4.42 Å². The van der Waals surface area contributed by atoms with Crippen molar-refractivity contribution in [3.63, 3.8) is 0 Å². The number of Topliss-reactive ketones (excluding diaryl/α,β-unsaturated/α-hetero) is 1. The van der Waals surface area contributed by atoms with Gasteiger partial charge in [0.1, 0.15) is 5.58 Å². The molecule has 0 atom stereocenters. The molecule has 0 spiro atoms. The van der Waals surface area contributed by atoms with Gasteiger partial charge in [-0.1, -0.05) is 43.7 Å². The molecule has 0 aliphatic heterocycles. The zero-order valence-electron chi connectivity index (χ0n) is 14.0. The van der Waals surface area contributed by atoms with Crippen LogP contribution in [-0.2, 0) is 6.42 Å². The lowest BCUT2D eigenvalue weighted by molar-refractivity contribution is 0.0962. The van der Waals surface area contributed by atoms with Gasteiger partial charge in [-0.25, -0.2) is 0 Å². The molecule has 0 fully saturated rings. The molecule has 24 heavy (non-hydrogen) atoms. The third kappa shape index (κ3) is 4.05. The van der Waals surface area contributed by atoms with Gasteiger partial charge in [0.2, 0.25) is 0 Å². The number of anilines is 1. The molecule has 3 heteroatoms. The largest absolute Gasteiger partial charge is 0.453 e. The van der Waals surface area contributed by atoms with E-state index in [-0.39, 0.29) is 5.78 Å². The topological polar surface area (TPSA) is 42.2 Å². The van der Waals surface area contributed by atoms with Crippen molar-refractivity contribution in [2.45, 2.75) is 32.6 Å². The highest BCUT2D eigenvalue weighted by Crippen LogP contribution is 2.20. The summed E-state index contributed by atoms with van der Waals surface area (Å²) in [6.07, 6.45) is 3.97. The Labute approximate surface area is 142 Å². The number of aryl methyl sites for hydroxylation is 1. The van der Waals surface area contributed by atoms with Crippen LogP contribution in [0.1, 0.15) is 42.3 Å². The quantitative estimate of drug-likeness (QED) is 0.560. The molecule has 0 amide bonds. The lowest BCUT2D eigenvalue weighted by Gasteiger charge is -2.06. The molecule has 3 rings (SSSR count). The molecule has 0 aliphatic rings. The number of carbonyl (C=O) groups is 1. The highest BCUT2D eigenvalue weighted by atomic mass is 16.3. The number of benzene rings is 2. The van der Waals surface area contributed by atoms with E-state index in [1.807, 2.05) is 30.3 Å². The van der Waals surface area contributed by atoms with Crippen LogP contribution < -0.4 is 5.32 Å². The molecule has 1 N–H and O–H groups in total. The van der Waals surface area contributed by atoms with Gasteiger partial charge >= 0.3 is 0 Å². The standard InChI is InChI=1S/C21H23NO2/c1-2-3-6-16-9-11-18(12-10-16)22-14-13-19(23)21-15-17-7-4-5-8-20(17)24-21/h4-5,7-12,15,22H,2-3,6,13-14H2,1H3. The maximum Gasteiger partial charge on any atom is 0.199 e. The van der Waals surface area contributed by atoms with E-state index >= 15 is 0 Å². The average Bonchev–Trinajstić information content (AvgIpc) is 3.05. The summed E-state index contributed by atoms with van der Waals surface area (Å²) in [7, 11) is 0. The van der Waals surface area contributed by atoms with Crippen LogP contribution in [0.15, 0.2) is 59.0 Å². The molecule has 0 unspecified atom stereocenters. The second kappa shape index (κ2) is 7.82. The number of rotatable bonds is 8. The third-order valence-electron chi connectivity index (χ3n) is 4.15. The van der Waals surface area contributed by atoms with Gasteiger partial charge in [-0.3, -0.25) is 4.79 Å². The third-order valence-corrected chi connectivity index (χ3v) is 4.15. The van der Waals surface area contributed by atoms with E-state index in [1.54, 1.807) is 0 Å². The van der Waals surface area contributed by atoms with Gasteiger partial charge in [-0.05, 0) is 42.7 Å². The average molecular weight is 321 g/mol. The summed E-state index contributed by atoms with van der Waals surface area (Å²) in [4.78, 5) is 12.2. The van der Waals surface area contributed by atoms with Crippen LogP contribution in [0.4, 0.5) is 5.69 Å². The molecule has 0 radical (unpaired) electrons. The Balaban J connectivity index is 1.51. The summed E-state index contributed by atoms with van der Waals surface area (Å²) in [6.45, 7) is 2.80. The van der Waals surface area contributed by atoms with Crippen molar-refractivity contribution < 1.29 is 9.21 Å². The van der Waals surface area contributed by atoms with E-state index in [2.05, 4.69) is 36.5 Å². The number of hydrogen-bond donors (Lipinski definition) is 1. The highest BCUT2D eigenvalue weighted by Gasteiger charge is 2.11. The summed E-state index contributed by atoms with van der Waals surface area (Å²) >= 11 is 0. The van der Waals surface area contributed by atoms with E-state index < -0.39 is 0 Å². The van der Waals surface area contributed by atoms with Gasteiger partial charge < -0.3 is 9.73 Å². The van der Waals surface area contributed by atoms with Crippen molar-refractivity contribution in [1.82, 2.24) is 0 Å². The predicted octanol–water partition coefficient (Wildman–Crippen LogP) is 5.46. The zero-order valence-corrected chi connectivity index (χ0v) is 14.0. The molecule has 0 aliphatic carbocycles. The fourth-order valence-electron chi connectivity index (χ4n) is 2.73. The van der Waals surface area contributed by atoms with Crippen molar-refractivity contribution in [3.8, 4) is 0 Å². The maximum atomic E-state index is 12.2. The molecule has 0 bridgehead atoms. The molecule has 2 aromatic carbocycles. The Hall–Kier alpha value is -2.55. The van der Waals surface area contributed by atoms with Crippen molar-refractivity contribution >= 4 is 22.4 Å². The van der Waals surface area contributed by atoms with Crippen LogP contribution in [0.3, 0.4) is 0 Å². The Morgan fingerprint density at radius 3 is 2.62 bits per heavy atom. The van der Waals surface area contributed by atoms with Gasteiger partial charge in [0.05, 0.1) is 0 Å². The van der Waals surface area contributed by atoms with Crippen molar-refractivity contribution in [2.24, 2.45) is 0 Å². The van der Waals surface area contributed by atoms with Crippen molar-refractivity contribution in [3.05, 3.63) is 65.9 Å². The summed E-state index contributed by atoms with van der Waals surface area (Å²) in [5, 5.41) is 4.27. The Kier molecular flexibility index (Phi) is 5.32. The first-order valence-electron chi connectivity index (χ1n) is 8.61. The number of hydrogen-bond acceptors (Lipinski definition) is 3. The lowest BCUT2D eigenvalue weighted by atomic mass is 10.1. The fraction of sp³-hybridized carbons (Fsp3) is 0.286. The van der Waals surface area contributed by atoms with E-state index in [9.17, 15) is 4.79 Å². The van der Waals surface area contributed by atoms with Gasteiger partial charge in [-0.15, -0.1) is 0 Å². The van der Waals surface area contributed by atoms with E-state index in [0.717, 1.165) is 23.1 Å². The van der Waals surface area contributed by atoms with Crippen molar-refractivity contribution in [2.75, 3.05) is 11.9 Å². The number of ketones is 1. The van der Waals surface area contributed by atoms with Crippen LogP contribution in [0, 0.1) is 0 Å². The van der Waals surface area contributed by atoms with Crippen molar-refractivity contribution in [1.29, 1.82) is 0 Å². The molecule has 1 aromatic heterocycles. The van der Waals surface area contributed by atoms with Crippen LogP contribution in [0.5, 0.6) is 0 Å². The van der Waals surface area contributed by atoms with Gasteiger partial charge in [0, 0.05) is 24.0 Å². The first kappa shape index (κ1) is 16.3. The molecule has 0 saturated heterocycles. The number of nitrogens with one attached hydrogen (secondary N) is 1. The zero-order chi connectivity index (χ0) is 16.8. The lowest BCUT2D eigenvalue weighted by Crippen LogP contribution is -2.08. The minimum atomic E-state index is 0.0262. The first-order chi connectivity index (χ1) is 11.8. The van der Waals surface area contributed by atoms with E-state index in [0.29, 0.717) is 18.7 Å². The predicted molar refractivity (Wildman–Crippen MR) is 98.7 cm³/mol. The first-order valence-corrected chi connectivity index (χ1v) is 8.61. The summed E-state index contributed by atoms with van der Waals surface area (Å²) < 4.78 is 5.61. The molecule has 0 saturated carbocycles. The number of para-hydroxylation sites is 1. The van der Waals surface area contributed by atoms with Gasteiger partial charge in [-0.2, -0.15) is 0 Å². The number of fused-ring (bicyclic) bond motifs is 1. The normalized spacial score (nSPS) is 10.9. The van der Waals surface area contributed by atoms with E-state index in [1.165, 1.54) is 18.4 Å². The minimum absolute atomic E-state index is 0.0262. The number of furan rings is 1. The highest BCUT2D eigenvalue weighted by molar-refractivity contribution is 5.97. The smallest absolute Gasteiger partial charge is 0.199 e. The maximum absolute atomic E-state index is 12.2. The molecule has 1 heterocycles. The second-order valence-electron chi connectivity index (χ2n) is 6.05. The Bertz CT molecular complexity index is 769. The molecule has 3 aromatic rings. The Morgan fingerprint density at radius 1 is 1.08 bits per heavy atom. The summed E-state index contributed by atoms with van der Waals surface area (Å²) in [6, 6.07) is 18.0. The van der Waals surface area contributed by atoms with Gasteiger partial charge in [0.15, 0.2) is 11.5 Å². The monoisotopic (exact) mass is 321 g/mol. The SMILES string of the molecule is CCCCc1ccc(NCCC(=O)c2cc3ccccc3o2)cc1. The van der Waals surface area contributed by atoms with Crippen LogP contribution in [0.25, 0.3) is 11.0 Å². The van der Waals surface area contributed by atoms with Crippen LogP contribution in [-0.4, -0.2) is 12.3 Å². The number of unbranched alkanes of at least 4 members (excludes halogenated alkanes) is 1. The second-order valence-corrected chi connectivity index (χ2v) is 6.05. The Morgan fingerprint density at radius 2 is 1.88 bits per heavy atom. The molecular formula is C21H23NO2. The summed E-state index contributed by atoms with van der Waals surface area (Å²) in [5.41, 5.74) is 3.17. The molecule has 3 nitrogen and oxygen atoms in total. The fourth-order valence-corrected chi connectivity index (χ4v) is 2.73.